The molecule has 0 saturated heterocycles. The molecule has 2 aromatic rings. The smallest absolute Gasteiger partial charge is 0.286 e. The lowest BCUT2D eigenvalue weighted by Crippen LogP contribution is -2.50. The van der Waals surface area contributed by atoms with E-state index in [1.165, 1.54) is 35.2 Å². The van der Waals surface area contributed by atoms with Crippen molar-refractivity contribution in [3.63, 3.8) is 0 Å². The Kier molecular flexibility index (Phi) is 4.86. The molecule has 166 valence electrons. The molecule has 10 heteroatoms. The minimum absolute atomic E-state index is 0.0220. The highest BCUT2D eigenvalue weighted by atomic mass is 32.2. The summed E-state index contributed by atoms with van der Waals surface area (Å²) in [6.07, 6.45) is 2.91. The largest absolute Gasteiger partial charge is 0.392 e. The molecule has 1 aliphatic carbocycles. The Balaban J connectivity index is 1.57. The summed E-state index contributed by atoms with van der Waals surface area (Å²) in [5.74, 6) is -3.24. The lowest BCUT2D eigenvalue weighted by molar-refractivity contribution is -0.119. The minimum Gasteiger partial charge on any atom is -0.392 e. The van der Waals surface area contributed by atoms with Crippen molar-refractivity contribution >= 4 is 38.9 Å². The molecule has 2 aliphatic heterocycles. The molecule has 2 aromatic carbocycles. The highest BCUT2D eigenvalue weighted by molar-refractivity contribution is 7.90. The van der Waals surface area contributed by atoms with E-state index in [-0.39, 0.29) is 28.6 Å². The predicted octanol–water partition coefficient (Wildman–Crippen LogP) is 2.48. The average Bonchev–Trinajstić information content (AvgIpc) is 3.58. The van der Waals surface area contributed by atoms with Crippen LogP contribution in [-0.4, -0.2) is 37.6 Å². The third-order valence-electron chi connectivity index (χ3n) is 6.01. The number of benzene rings is 2. The number of carbonyl (C=O) groups excluding carboxylic acids is 2. The van der Waals surface area contributed by atoms with Crippen LogP contribution >= 0.6 is 0 Å². The maximum absolute atomic E-state index is 14.0. The first kappa shape index (κ1) is 20.8. The topological polar surface area (TPSA) is 116 Å². The number of hydrogen-bond acceptors (Lipinski definition) is 6. The van der Waals surface area contributed by atoms with Gasteiger partial charge in [0.25, 0.3) is 10.0 Å². The predicted molar refractivity (Wildman–Crippen MR) is 115 cm³/mol. The fourth-order valence-electron chi connectivity index (χ4n) is 4.12. The SMILES string of the molecule is O=C1c2cc(F)ccc2N(CCC2CC2)C(=O)C1C1=NS(=O)(=O)c2cc(CO)ccc2N1. The van der Waals surface area contributed by atoms with Crippen molar-refractivity contribution in [2.45, 2.75) is 30.8 Å². The molecule has 0 bridgehead atoms. The van der Waals surface area contributed by atoms with Crippen LogP contribution < -0.4 is 10.2 Å². The molecule has 0 aromatic heterocycles. The van der Waals surface area contributed by atoms with Gasteiger partial charge in [0.05, 0.1) is 18.0 Å². The maximum atomic E-state index is 14.0. The van der Waals surface area contributed by atoms with Crippen LogP contribution in [0.2, 0.25) is 0 Å². The van der Waals surface area contributed by atoms with Crippen LogP contribution in [0, 0.1) is 17.7 Å². The number of hydrogen-bond donors (Lipinski definition) is 2. The Morgan fingerprint density at radius 2 is 1.94 bits per heavy atom. The van der Waals surface area contributed by atoms with E-state index in [2.05, 4.69) is 9.71 Å². The fourth-order valence-corrected chi connectivity index (χ4v) is 5.32. The number of amides is 1. The zero-order chi connectivity index (χ0) is 22.6. The van der Waals surface area contributed by atoms with Crippen LogP contribution in [0.3, 0.4) is 0 Å². The molecule has 5 rings (SSSR count). The second-order valence-electron chi connectivity index (χ2n) is 8.25. The Morgan fingerprint density at radius 3 is 2.66 bits per heavy atom. The van der Waals surface area contributed by atoms with Gasteiger partial charge < -0.3 is 15.3 Å². The van der Waals surface area contributed by atoms with Crippen molar-refractivity contribution in [2.24, 2.45) is 16.2 Å². The standard InChI is InChI=1S/C22H20FN3O5S/c23-14-4-6-17-15(10-14)20(28)19(22(29)26(17)8-7-12-1-2-12)21-24-16-5-3-13(11-27)9-18(16)32(30,31)25-21/h3-6,9-10,12,19,27H,1-2,7-8,11H2,(H,24,25). The van der Waals surface area contributed by atoms with Gasteiger partial charge in [0.2, 0.25) is 5.91 Å². The molecule has 3 aliphatic rings. The molecule has 1 saturated carbocycles. The van der Waals surface area contributed by atoms with Gasteiger partial charge in [-0.15, -0.1) is 4.40 Å². The van der Waals surface area contributed by atoms with Crippen molar-refractivity contribution in [3.8, 4) is 0 Å². The van der Waals surface area contributed by atoms with E-state index in [1.54, 1.807) is 0 Å². The highest BCUT2D eigenvalue weighted by Gasteiger charge is 2.45. The molecular formula is C22H20FN3O5S. The Hall–Kier alpha value is -3.11. The number of aliphatic hydroxyl groups excluding tert-OH is 1. The maximum Gasteiger partial charge on any atom is 0.286 e. The Morgan fingerprint density at radius 1 is 1.16 bits per heavy atom. The third kappa shape index (κ3) is 3.49. The molecule has 0 spiro atoms. The summed E-state index contributed by atoms with van der Waals surface area (Å²) in [7, 11) is -4.22. The first-order valence-corrected chi connectivity index (χ1v) is 11.7. The highest BCUT2D eigenvalue weighted by Crippen LogP contribution is 2.38. The number of sulfonamides is 1. The second kappa shape index (κ2) is 7.49. The summed E-state index contributed by atoms with van der Waals surface area (Å²) in [5, 5.41) is 12.1. The van der Waals surface area contributed by atoms with E-state index in [0.717, 1.165) is 25.3 Å². The number of halogens is 1. The molecule has 32 heavy (non-hydrogen) atoms. The molecule has 1 unspecified atom stereocenters. The van der Waals surface area contributed by atoms with Gasteiger partial charge >= 0.3 is 0 Å². The number of carbonyl (C=O) groups is 2. The van der Waals surface area contributed by atoms with Gasteiger partial charge in [-0.25, -0.2) is 4.39 Å². The monoisotopic (exact) mass is 457 g/mol. The number of nitrogens with zero attached hydrogens (tertiary/aromatic N) is 2. The van der Waals surface area contributed by atoms with Gasteiger partial charge in [-0.3, -0.25) is 9.59 Å². The van der Waals surface area contributed by atoms with Gasteiger partial charge in [-0.1, -0.05) is 18.9 Å². The van der Waals surface area contributed by atoms with Crippen LogP contribution in [0.4, 0.5) is 15.8 Å². The number of fused-ring (bicyclic) bond motifs is 2. The number of aliphatic hydroxyl groups is 1. The molecule has 2 N–H and O–H groups in total. The van der Waals surface area contributed by atoms with Crippen LogP contribution in [0.25, 0.3) is 0 Å². The fraction of sp³-hybridized carbons (Fsp3) is 0.318. The Labute approximate surface area is 183 Å². The van der Waals surface area contributed by atoms with E-state index in [9.17, 15) is 27.5 Å². The summed E-state index contributed by atoms with van der Waals surface area (Å²) in [6.45, 7) is -0.000337. The lowest BCUT2D eigenvalue weighted by Gasteiger charge is -2.34. The van der Waals surface area contributed by atoms with Gasteiger partial charge in [0.15, 0.2) is 11.7 Å². The zero-order valence-electron chi connectivity index (χ0n) is 16.9. The number of ketones is 1. The lowest BCUT2D eigenvalue weighted by atomic mass is 9.88. The summed E-state index contributed by atoms with van der Waals surface area (Å²) in [6, 6.07) is 7.93. The van der Waals surface area contributed by atoms with Crippen LogP contribution in [0.15, 0.2) is 45.7 Å². The number of amidine groups is 1. The summed E-state index contributed by atoms with van der Waals surface area (Å²) in [4.78, 5) is 27.9. The van der Waals surface area contributed by atoms with Gasteiger partial charge in [-0.2, -0.15) is 8.42 Å². The van der Waals surface area contributed by atoms with Gasteiger partial charge in [0, 0.05) is 12.1 Å². The van der Waals surface area contributed by atoms with E-state index in [0.29, 0.717) is 23.7 Å². The van der Waals surface area contributed by atoms with Crippen LogP contribution in [0.5, 0.6) is 0 Å². The zero-order valence-corrected chi connectivity index (χ0v) is 17.7. The first-order chi connectivity index (χ1) is 15.3. The van der Waals surface area contributed by atoms with Crippen LogP contribution in [0.1, 0.15) is 35.2 Å². The number of nitrogens with one attached hydrogen (secondary N) is 1. The molecule has 1 fully saturated rings. The van der Waals surface area contributed by atoms with E-state index in [1.807, 2.05) is 0 Å². The van der Waals surface area contributed by atoms with Crippen molar-refractivity contribution in [1.82, 2.24) is 0 Å². The van der Waals surface area contributed by atoms with Crippen molar-refractivity contribution < 1.29 is 27.5 Å². The second-order valence-corrected chi connectivity index (χ2v) is 9.82. The van der Waals surface area contributed by atoms with Crippen LogP contribution in [-0.2, 0) is 21.4 Å². The van der Waals surface area contributed by atoms with E-state index >= 15 is 0 Å². The molecule has 1 amide bonds. The van der Waals surface area contributed by atoms with Crippen molar-refractivity contribution in [1.29, 1.82) is 0 Å². The molecule has 8 nitrogen and oxygen atoms in total. The quantitative estimate of drug-likeness (QED) is 0.667. The molecule has 2 heterocycles. The molecule has 0 radical (unpaired) electrons. The third-order valence-corrected chi connectivity index (χ3v) is 7.34. The average molecular weight is 457 g/mol. The first-order valence-electron chi connectivity index (χ1n) is 10.3. The normalized spacial score (nSPS) is 21.5. The molecular weight excluding hydrogens is 437 g/mol. The summed E-state index contributed by atoms with van der Waals surface area (Å²) >= 11 is 0. The number of rotatable bonds is 5. The summed E-state index contributed by atoms with van der Waals surface area (Å²) in [5.41, 5.74) is 0.884. The number of anilines is 2. The number of Topliss-reactive ketones (excluding diaryl/α,β-unsaturated/α-hetero) is 1. The molecule has 1 atom stereocenters. The minimum atomic E-state index is -4.22. The van der Waals surface area contributed by atoms with Crippen molar-refractivity contribution in [3.05, 3.63) is 53.3 Å². The van der Waals surface area contributed by atoms with Crippen molar-refractivity contribution in [2.75, 3.05) is 16.8 Å². The van der Waals surface area contributed by atoms with Gasteiger partial charge in [0.1, 0.15) is 16.5 Å². The Bertz CT molecular complexity index is 1290. The summed E-state index contributed by atoms with van der Waals surface area (Å²) < 4.78 is 43.3. The van der Waals surface area contributed by atoms with Gasteiger partial charge in [-0.05, 0) is 48.2 Å². The van der Waals surface area contributed by atoms with E-state index < -0.39 is 33.4 Å². The van der Waals surface area contributed by atoms with E-state index in [4.69, 9.17) is 0 Å².